The molecule has 0 atom stereocenters. The van der Waals surface area contributed by atoms with Gasteiger partial charge in [0.25, 0.3) is 0 Å². The maximum atomic E-state index is 9.95. The van der Waals surface area contributed by atoms with E-state index in [0.717, 1.165) is 0 Å². The molecule has 0 aliphatic rings. The Balaban J connectivity index is 2.75. The summed E-state index contributed by atoms with van der Waals surface area (Å²) in [6.45, 7) is 6.67. The topological polar surface area (TPSA) is 74.6 Å². The van der Waals surface area contributed by atoms with Gasteiger partial charge >= 0.3 is 0 Å². The molecule has 3 N–H and O–H groups in total. The predicted molar refractivity (Wildman–Crippen MR) is 69.4 cm³/mol. The molecule has 102 valence electrons. The van der Waals surface area contributed by atoms with Crippen LogP contribution in [0.25, 0.3) is 0 Å². The molecule has 0 amide bonds. The van der Waals surface area contributed by atoms with Crippen LogP contribution >= 0.6 is 0 Å². The molecule has 1 aromatic rings. The van der Waals surface area contributed by atoms with Crippen LogP contribution in [0.5, 0.6) is 5.75 Å². The summed E-state index contributed by atoms with van der Waals surface area (Å²) in [4.78, 5) is 4.02. The third-order valence-corrected chi connectivity index (χ3v) is 3.01. The van der Waals surface area contributed by atoms with Gasteiger partial charge in [-0.2, -0.15) is 0 Å². The molecule has 0 saturated carbocycles. The van der Waals surface area contributed by atoms with Crippen LogP contribution in [0.2, 0.25) is 0 Å². The van der Waals surface area contributed by atoms with Crippen molar-refractivity contribution >= 4 is 0 Å². The second-order valence-electron chi connectivity index (χ2n) is 4.92. The molecule has 1 heterocycles. The van der Waals surface area contributed by atoms with Crippen molar-refractivity contribution < 1.29 is 14.9 Å². The molecule has 0 radical (unpaired) electrons. The Morgan fingerprint density at radius 2 is 2.11 bits per heavy atom. The normalized spacial score (nSPS) is 11.8. The van der Waals surface area contributed by atoms with Gasteiger partial charge in [0.15, 0.2) is 0 Å². The van der Waals surface area contributed by atoms with Crippen molar-refractivity contribution in [3.8, 4) is 5.75 Å². The summed E-state index contributed by atoms with van der Waals surface area (Å²) in [6, 6.07) is 0. The first-order valence-electron chi connectivity index (χ1n) is 5.94. The molecule has 1 aromatic heterocycles. The van der Waals surface area contributed by atoms with Crippen molar-refractivity contribution in [1.82, 2.24) is 10.3 Å². The lowest BCUT2D eigenvalue weighted by molar-refractivity contribution is 0.0230. The Hall–Kier alpha value is -1.17. The van der Waals surface area contributed by atoms with Crippen molar-refractivity contribution in [1.29, 1.82) is 0 Å². The van der Waals surface area contributed by atoms with E-state index in [4.69, 9.17) is 4.74 Å². The summed E-state index contributed by atoms with van der Waals surface area (Å²) in [5.74, 6) is 0.143. The number of hydrogen-bond acceptors (Lipinski definition) is 5. The van der Waals surface area contributed by atoms with E-state index < -0.39 is 0 Å². The largest absolute Gasteiger partial charge is 0.506 e. The lowest BCUT2D eigenvalue weighted by Gasteiger charge is -2.23. The molecule has 18 heavy (non-hydrogen) atoms. The quantitative estimate of drug-likeness (QED) is 0.709. The minimum atomic E-state index is -0.267. The minimum absolute atomic E-state index is 0.133. The van der Waals surface area contributed by atoms with Crippen LogP contribution in [0.15, 0.2) is 6.20 Å². The van der Waals surface area contributed by atoms with Gasteiger partial charge in [0, 0.05) is 37.5 Å². The SMILES string of the molecule is COC(C)(C)CNCc1c(CO)cnc(C)c1O. The number of nitrogens with one attached hydrogen (secondary N) is 1. The van der Waals surface area contributed by atoms with Gasteiger partial charge in [-0.1, -0.05) is 0 Å². The molecule has 0 bridgehead atoms. The van der Waals surface area contributed by atoms with Crippen molar-refractivity contribution in [2.75, 3.05) is 13.7 Å². The van der Waals surface area contributed by atoms with Gasteiger partial charge in [-0.05, 0) is 20.8 Å². The van der Waals surface area contributed by atoms with E-state index >= 15 is 0 Å². The smallest absolute Gasteiger partial charge is 0.141 e. The first-order valence-corrected chi connectivity index (χ1v) is 5.94. The molecule has 1 rings (SSSR count). The van der Waals surface area contributed by atoms with E-state index in [-0.39, 0.29) is 18.0 Å². The Kier molecular flexibility index (Phi) is 5.07. The maximum Gasteiger partial charge on any atom is 0.141 e. The maximum absolute atomic E-state index is 9.95. The van der Waals surface area contributed by atoms with Crippen molar-refractivity contribution in [3.63, 3.8) is 0 Å². The highest BCUT2D eigenvalue weighted by Crippen LogP contribution is 2.23. The molecule has 0 saturated heterocycles. The van der Waals surface area contributed by atoms with E-state index in [1.165, 1.54) is 0 Å². The zero-order chi connectivity index (χ0) is 13.8. The summed E-state index contributed by atoms with van der Waals surface area (Å²) < 4.78 is 5.30. The highest BCUT2D eigenvalue weighted by molar-refractivity contribution is 5.40. The van der Waals surface area contributed by atoms with Gasteiger partial charge in [-0.3, -0.25) is 4.98 Å². The number of ether oxygens (including phenoxy) is 1. The highest BCUT2D eigenvalue weighted by Gasteiger charge is 2.17. The second kappa shape index (κ2) is 6.13. The fourth-order valence-electron chi connectivity index (χ4n) is 1.58. The third-order valence-electron chi connectivity index (χ3n) is 3.01. The molecule has 5 heteroatoms. The Bertz CT molecular complexity index is 405. The van der Waals surface area contributed by atoms with E-state index in [0.29, 0.717) is 29.9 Å². The fraction of sp³-hybridized carbons (Fsp3) is 0.615. The van der Waals surface area contributed by atoms with Crippen molar-refractivity contribution in [2.45, 2.75) is 39.5 Å². The molecule has 0 spiro atoms. The number of aliphatic hydroxyl groups is 1. The zero-order valence-electron chi connectivity index (χ0n) is 11.4. The number of aryl methyl sites for hydroxylation is 1. The average molecular weight is 254 g/mol. The van der Waals surface area contributed by atoms with Gasteiger partial charge in [0.1, 0.15) is 5.75 Å². The summed E-state index contributed by atoms with van der Waals surface area (Å²) in [6.07, 6.45) is 1.59. The van der Waals surface area contributed by atoms with E-state index in [1.54, 1.807) is 20.2 Å². The predicted octanol–water partition coefficient (Wildman–Crippen LogP) is 1.10. The number of hydrogen-bond donors (Lipinski definition) is 3. The third kappa shape index (κ3) is 3.66. The monoisotopic (exact) mass is 254 g/mol. The molecule has 0 aromatic carbocycles. The Morgan fingerprint density at radius 1 is 1.44 bits per heavy atom. The lowest BCUT2D eigenvalue weighted by Crippen LogP contribution is -2.36. The van der Waals surface area contributed by atoms with Crippen molar-refractivity contribution in [3.05, 3.63) is 23.0 Å². The van der Waals surface area contributed by atoms with E-state index in [9.17, 15) is 10.2 Å². The number of aromatic hydroxyl groups is 1. The summed E-state index contributed by atoms with van der Waals surface area (Å²) >= 11 is 0. The van der Waals surface area contributed by atoms with Gasteiger partial charge in [0.05, 0.1) is 17.9 Å². The van der Waals surface area contributed by atoms with Crippen LogP contribution < -0.4 is 5.32 Å². The lowest BCUT2D eigenvalue weighted by atomic mass is 10.1. The average Bonchev–Trinajstić information content (AvgIpc) is 2.34. The van der Waals surface area contributed by atoms with Crippen LogP contribution in [0, 0.1) is 6.92 Å². The molecule has 5 nitrogen and oxygen atoms in total. The van der Waals surface area contributed by atoms with Crippen LogP contribution in [0.1, 0.15) is 30.7 Å². The highest BCUT2D eigenvalue weighted by atomic mass is 16.5. The number of aliphatic hydroxyl groups excluding tert-OH is 1. The number of aromatic nitrogens is 1. The molecule has 0 fully saturated rings. The molecular formula is C13H22N2O3. The van der Waals surface area contributed by atoms with E-state index in [1.807, 2.05) is 13.8 Å². The standard InChI is InChI=1S/C13H22N2O3/c1-9-12(17)11(10(7-16)5-15-9)6-14-8-13(2,3)18-4/h5,14,16-17H,6-8H2,1-4H3. The number of rotatable bonds is 6. The molecule has 0 unspecified atom stereocenters. The summed E-state index contributed by atoms with van der Waals surface area (Å²) in [7, 11) is 1.66. The van der Waals surface area contributed by atoms with Gasteiger partial charge in [-0.15, -0.1) is 0 Å². The number of pyridine rings is 1. The first-order chi connectivity index (χ1) is 8.41. The zero-order valence-corrected chi connectivity index (χ0v) is 11.4. The van der Waals surface area contributed by atoms with Gasteiger partial charge in [0.2, 0.25) is 0 Å². The Morgan fingerprint density at radius 3 is 2.67 bits per heavy atom. The second-order valence-corrected chi connectivity index (χ2v) is 4.92. The summed E-state index contributed by atoms with van der Waals surface area (Å²) in [5, 5.41) is 22.4. The van der Waals surface area contributed by atoms with Crippen molar-refractivity contribution in [2.24, 2.45) is 0 Å². The number of nitrogens with zero attached hydrogens (tertiary/aromatic N) is 1. The number of methoxy groups -OCH3 is 1. The van der Waals surface area contributed by atoms with Gasteiger partial charge < -0.3 is 20.3 Å². The van der Waals surface area contributed by atoms with Crippen LogP contribution in [0.4, 0.5) is 0 Å². The minimum Gasteiger partial charge on any atom is -0.506 e. The van der Waals surface area contributed by atoms with Crippen LogP contribution in [-0.2, 0) is 17.9 Å². The Labute approximate surface area is 108 Å². The molecule has 0 aliphatic carbocycles. The molecule has 0 aliphatic heterocycles. The van der Waals surface area contributed by atoms with Crippen LogP contribution in [-0.4, -0.2) is 34.5 Å². The first kappa shape index (κ1) is 14.9. The summed E-state index contributed by atoms with van der Waals surface area (Å²) in [5.41, 5.74) is 1.63. The van der Waals surface area contributed by atoms with Crippen LogP contribution in [0.3, 0.4) is 0 Å². The van der Waals surface area contributed by atoms with Gasteiger partial charge in [-0.25, -0.2) is 0 Å². The molecular weight excluding hydrogens is 232 g/mol. The fourth-order valence-corrected chi connectivity index (χ4v) is 1.58. The van der Waals surface area contributed by atoms with E-state index in [2.05, 4.69) is 10.3 Å².